The number of halogens is 1. The fourth-order valence-electron chi connectivity index (χ4n) is 3.67. The van der Waals surface area contributed by atoms with Gasteiger partial charge in [0.2, 0.25) is 17.5 Å². The Hall–Kier alpha value is -2.85. The Morgan fingerprint density at radius 1 is 1.17 bits per heavy atom. The Morgan fingerprint density at radius 3 is 2.60 bits per heavy atom. The summed E-state index contributed by atoms with van der Waals surface area (Å²) in [5.41, 5.74) is 3.32. The van der Waals surface area contributed by atoms with Gasteiger partial charge in [-0.2, -0.15) is 10.2 Å². The first kappa shape index (κ1) is 20.4. The van der Waals surface area contributed by atoms with Crippen LogP contribution in [0.2, 0.25) is 5.02 Å². The Balaban J connectivity index is 1.58. The van der Waals surface area contributed by atoms with Crippen LogP contribution in [0, 0.1) is 18.3 Å². The van der Waals surface area contributed by atoms with Crippen LogP contribution in [0.25, 0.3) is 11.5 Å². The zero-order valence-corrected chi connectivity index (χ0v) is 17.5. The molecule has 1 fully saturated rings. The van der Waals surface area contributed by atoms with Crippen molar-refractivity contribution in [2.24, 2.45) is 0 Å². The highest BCUT2D eigenvalue weighted by atomic mass is 35.5. The lowest BCUT2D eigenvalue weighted by Crippen LogP contribution is -2.41. The Kier molecular flexibility index (Phi) is 6.34. The second-order valence-electron chi connectivity index (χ2n) is 7.22. The number of rotatable bonds is 6. The number of hydrogen-bond donors (Lipinski definition) is 1. The number of benzene rings is 2. The van der Waals surface area contributed by atoms with Gasteiger partial charge in [-0.3, -0.25) is 4.90 Å². The largest absolute Gasteiger partial charge is 0.419 e. The van der Waals surface area contributed by atoms with Gasteiger partial charge in [0, 0.05) is 30.2 Å². The summed E-state index contributed by atoms with van der Waals surface area (Å²) in [6.07, 6.45) is 0. The summed E-state index contributed by atoms with van der Waals surface area (Å²) >= 11 is 6.08. The normalized spacial score (nSPS) is 15.5. The van der Waals surface area contributed by atoms with Crippen LogP contribution in [-0.4, -0.2) is 42.7 Å². The molecule has 1 aromatic heterocycles. The number of ether oxygens (including phenoxy) is 1. The van der Waals surface area contributed by atoms with Crippen molar-refractivity contribution in [2.75, 3.05) is 38.2 Å². The molecule has 0 radical (unpaired) electrons. The number of nitrogens with one attached hydrogen (secondary N) is 1. The molecule has 0 amide bonds. The number of oxazole rings is 1. The number of anilines is 1. The maximum atomic E-state index is 9.56. The van der Waals surface area contributed by atoms with Crippen LogP contribution in [0.1, 0.15) is 22.9 Å². The minimum absolute atomic E-state index is 0.0877. The molecule has 0 spiro atoms. The number of hydrogen-bond acceptors (Lipinski definition) is 6. The number of morpholine rings is 1. The summed E-state index contributed by atoms with van der Waals surface area (Å²) in [6.45, 7) is 5.64. The zero-order valence-electron chi connectivity index (χ0n) is 16.8. The molecule has 3 aromatic rings. The summed E-state index contributed by atoms with van der Waals surface area (Å²) < 4.78 is 11.5. The molecule has 0 saturated carbocycles. The molecule has 1 unspecified atom stereocenters. The minimum Gasteiger partial charge on any atom is -0.419 e. The van der Waals surface area contributed by atoms with Crippen LogP contribution < -0.4 is 5.32 Å². The minimum atomic E-state index is 0.0877. The number of nitrogens with zero attached hydrogens (tertiary/aromatic N) is 3. The van der Waals surface area contributed by atoms with Crippen molar-refractivity contribution >= 4 is 17.5 Å². The Labute approximate surface area is 181 Å². The summed E-state index contributed by atoms with van der Waals surface area (Å²) in [6, 6.07) is 17.9. The lowest BCUT2D eigenvalue weighted by atomic mass is 10.0. The first-order valence-electron chi connectivity index (χ1n) is 9.94. The van der Waals surface area contributed by atoms with Crippen molar-refractivity contribution in [3.63, 3.8) is 0 Å². The monoisotopic (exact) mass is 422 g/mol. The third kappa shape index (κ3) is 4.49. The Morgan fingerprint density at radius 2 is 1.90 bits per heavy atom. The van der Waals surface area contributed by atoms with E-state index in [0.717, 1.165) is 29.8 Å². The van der Waals surface area contributed by atoms with Gasteiger partial charge in [0.1, 0.15) is 6.07 Å². The number of nitriles is 1. The summed E-state index contributed by atoms with van der Waals surface area (Å²) in [4.78, 5) is 6.76. The van der Waals surface area contributed by atoms with Crippen LogP contribution in [0.3, 0.4) is 0 Å². The third-order valence-electron chi connectivity index (χ3n) is 5.31. The average molecular weight is 423 g/mol. The van der Waals surface area contributed by atoms with E-state index in [9.17, 15) is 5.26 Å². The van der Waals surface area contributed by atoms with Crippen molar-refractivity contribution in [3.05, 3.63) is 70.4 Å². The summed E-state index contributed by atoms with van der Waals surface area (Å²) in [5.74, 6) is 0.838. The van der Waals surface area contributed by atoms with E-state index in [-0.39, 0.29) is 11.7 Å². The van der Waals surface area contributed by atoms with Crippen molar-refractivity contribution in [1.29, 1.82) is 5.26 Å². The molecule has 6 nitrogen and oxygen atoms in total. The van der Waals surface area contributed by atoms with Crippen LogP contribution >= 0.6 is 11.6 Å². The molecule has 1 N–H and O–H groups in total. The highest BCUT2D eigenvalue weighted by molar-refractivity contribution is 6.30. The molecule has 1 aliphatic rings. The lowest BCUT2D eigenvalue weighted by Gasteiger charge is -2.34. The highest BCUT2D eigenvalue weighted by Crippen LogP contribution is 2.29. The molecule has 2 aromatic carbocycles. The topological polar surface area (TPSA) is 74.3 Å². The van der Waals surface area contributed by atoms with Crippen LogP contribution in [-0.2, 0) is 4.74 Å². The quantitative estimate of drug-likeness (QED) is 0.622. The molecular formula is C23H23ClN4O2. The van der Waals surface area contributed by atoms with E-state index in [1.165, 1.54) is 0 Å². The Bertz CT molecular complexity index is 1040. The molecule has 1 saturated heterocycles. The highest BCUT2D eigenvalue weighted by Gasteiger charge is 2.24. The van der Waals surface area contributed by atoms with Crippen LogP contribution in [0.15, 0.2) is 52.9 Å². The van der Waals surface area contributed by atoms with Gasteiger partial charge >= 0.3 is 0 Å². The molecule has 154 valence electrons. The molecule has 7 heteroatoms. The molecular weight excluding hydrogens is 400 g/mol. The average Bonchev–Trinajstić information content (AvgIpc) is 3.19. The summed E-state index contributed by atoms with van der Waals surface area (Å²) in [5, 5.41) is 13.6. The van der Waals surface area contributed by atoms with Crippen molar-refractivity contribution in [1.82, 2.24) is 9.88 Å². The van der Waals surface area contributed by atoms with Crippen molar-refractivity contribution in [2.45, 2.75) is 13.0 Å². The van der Waals surface area contributed by atoms with E-state index in [1.807, 2.05) is 55.5 Å². The van der Waals surface area contributed by atoms with Gasteiger partial charge < -0.3 is 14.5 Å². The lowest BCUT2D eigenvalue weighted by molar-refractivity contribution is 0.0186. The molecule has 0 bridgehead atoms. The maximum Gasteiger partial charge on any atom is 0.232 e. The van der Waals surface area contributed by atoms with Crippen LogP contribution in [0.5, 0.6) is 0 Å². The van der Waals surface area contributed by atoms with Gasteiger partial charge in [0.25, 0.3) is 0 Å². The van der Waals surface area contributed by atoms with Gasteiger partial charge in [-0.15, -0.1) is 0 Å². The standard InChI is InChI=1S/C23H23ClN4O2/c1-16-4-2-3-5-19(16)22-27-20(14-25)23(30-22)26-15-21(28-10-12-29-13-11-28)17-6-8-18(24)9-7-17/h2-9,21,26H,10-13,15H2,1H3. The van der Waals surface area contributed by atoms with E-state index in [4.69, 9.17) is 20.8 Å². The fraction of sp³-hybridized carbons (Fsp3) is 0.304. The number of aryl methyl sites for hydroxylation is 1. The van der Waals surface area contributed by atoms with Gasteiger partial charge in [-0.1, -0.05) is 41.9 Å². The summed E-state index contributed by atoms with van der Waals surface area (Å²) in [7, 11) is 0. The molecule has 2 heterocycles. The molecule has 1 atom stereocenters. The third-order valence-corrected chi connectivity index (χ3v) is 5.56. The van der Waals surface area contributed by atoms with Gasteiger partial charge in [-0.25, -0.2) is 0 Å². The fourth-order valence-corrected chi connectivity index (χ4v) is 3.79. The first-order chi connectivity index (χ1) is 14.7. The molecule has 30 heavy (non-hydrogen) atoms. The van der Waals surface area contributed by atoms with Crippen molar-refractivity contribution < 1.29 is 9.15 Å². The first-order valence-corrected chi connectivity index (χ1v) is 10.3. The van der Waals surface area contributed by atoms with E-state index < -0.39 is 0 Å². The maximum absolute atomic E-state index is 9.56. The molecule has 4 rings (SSSR count). The van der Waals surface area contributed by atoms with Crippen LogP contribution in [0.4, 0.5) is 5.88 Å². The second-order valence-corrected chi connectivity index (χ2v) is 7.66. The predicted molar refractivity (Wildman–Crippen MR) is 116 cm³/mol. The van der Waals surface area contributed by atoms with E-state index >= 15 is 0 Å². The second kappa shape index (κ2) is 9.31. The smallest absolute Gasteiger partial charge is 0.232 e. The zero-order chi connectivity index (χ0) is 20.9. The molecule has 1 aliphatic heterocycles. The predicted octanol–water partition coefficient (Wildman–Crippen LogP) is 4.66. The van der Waals surface area contributed by atoms with E-state index in [2.05, 4.69) is 21.3 Å². The van der Waals surface area contributed by atoms with Gasteiger partial charge in [0.15, 0.2) is 0 Å². The number of aromatic nitrogens is 1. The SMILES string of the molecule is Cc1ccccc1-c1nc(C#N)c(NCC(c2ccc(Cl)cc2)N2CCOCC2)o1. The van der Waals surface area contributed by atoms with Gasteiger partial charge in [-0.05, 0) is 36.2 Å². The van der Waals surface area contributed by atoms with E-state index in [1.54, 1.807) is 0 Å². The van der Waals surface area contributed by atoms with Crippen molar-refractivity contribution in [3.8, 4) is 17.5 Å². The van der Waals surface area contributed by atoms with Gasteiger partial charge in [0.05, 0.1) is 19.3 Å². The molecule has 0 aliphatic carbocycles. The van der Waals surface area contributed by atoms with E-state index in [0.29, 0.717) is 36.6 Å².